The summed E-state index contributed by atoms with van der Waals surface area (Å²) in [6.45, 7) is 5.53. The second-order valence-corrected chi connectivity index (χ2v) is 15.9. The topological polar surface area (TPSA) is 197 Å². The highest BCUT2D eigenvalue weighted by Gasteiger charge is 2.41. The maximum atomic E-state index is 12.7. The standard InChI is InChI=1S/C38H69O12P/c1-4-5-13-19-30(39)23-24-33-34(36(42)26-35(33)41)25-31(40)20-16-17-22-38(44)50-32(28-49-51(45,46)47)27-48-37(43)21-15-12-10-8-6-7-9-11-14-18-29(2)3/h23-24,29-30,32-36,39,41-42H,4-22,25-28H2,1-3H3,(H2,45,46,47)/b24-23+/t30-,32+,33+,34+,35+,36-/m0/s1. The van der Waals surface area contributed by atoms with E-state index in [1.54, 1.807) is 12.2 Å². The van der Waals surface area contributed by atoms with Crippen LogP contribution in [0.5, 0.6) is 0 Å². The van der Waals surface area contributed by atoms with Gasteiger partial charge in [-0.25, -0.2) is 4.57 Å². The first-order valence-corrected chi connectivity index (χ1v) is 21.0. The van der Waals surface area contributed by atoms with Crippen molar-refractivity contribution in [1.29, 1.82) is 0 Å². The number of aliphatic hydroxyl groups is 3. The molecule has 1 fully saturated rings. The first-order valence-electron chi connectivity index (χ1n) is 19.5. The molecule has 5 N–H and O–H groups in total. The smallest absolute Gasteiger partial charge is 0.462 e. The van der Waals surface area contributed by atoms with Gasteiger partial charge in [0.15, 0.2) is 6.10 Å². The Bertz CT molecular complexity index is 1030. The van der Waals surface area contributed by atoms with E-state index in [0.717, 1.165) is 44.4 Å². The van der Waals surface area contributed by atoms with Crippen LogP contribution >= 0.6 is 7.82 Å². The van der Waals surface area contributed by atoms with Crippen molar-refractivity contribution in [3.8, 4) is 0 Å². The number of unbranched alkanes of at least 4 members (excludes halogenated alkanes) is 11. The molecule has 0 aromatic rings. The van der Waals surface area contributed by atoms with Crippen LogP contribution < -0.4 is 0 Å². The van der Waals surface area contributed by atoms with Crippen molar-refractivity contribution in [1.82, 2.24) is 0 Å². The normalized spacial score (nSPS) is 20.6. The molecule has 1 rings (SSSR count). The van der Waals surface area contributed by atoms with Gasteiger partial charge in [-0.15, -0.1) is 0 Å². The Balaban J connectivity index is 2.37. The molecule has 13 heteroatoms. The maximum absolute atomic E-state index is 12.7. The molecule has 0 saturated heterocycles. The van der Waals surface area contributed by atoms with E-state index in [9.17, 15) is 34.3 Å². The predicted molar refractivity (Wildman–Crippen MR) is 195 cm³/mol. The van der Waals surface area contributed by atoms with Crippen LogP contribution in [0, 0.1) is 17.8 Å². The summed E-state index contributed by atoms with van der Waals surface area (Å²) >= 11 is 0. The Labute approximate surface area is 306 Å². The lowest BCUT2D eigenvalue weighted by atomic mass is 9.87. The molecule has 0 unspecified atom stereocenters. The quantitative estimate of drug-likeness (QED) is 0.0214. The third-order valence-corrected chi connectivity index (χ3v) is 9.93. The summed E-state index contributed by atoms with van der Waals surface area (Å²) in [6.07, 6.45) is 15.9. The monoisotopic (exact) mass is 748 g/mol. The molecule has 0 aliphatic heterocycles. The number of rotatable bonds is 31. The number of carbonyl (C=O) groups is 3. The minimum absolute atomic E-state index is 0.0649. The highest BCUT2D eigenvalue weighted by atomic mass is 31.2. The number of ketones is 1. The van der Waals surface area contributed by atoms with Crippen LogP contribution in [0.15, 0.2) is 12.2 Å². The van der Waals surface area contributed by atoms with Gasteiger partial charge in [-0.05, 0) is 31.6 Å². The molecule has 0 aromatic carbocycles. The van der Waals surface area contributed by atoms with Gasteiger partial charge in [-0.3, -0.25) is 18.9 Å². The lowest BCUT2D eigenvalue weighted by Gasteiger charge is -2.20. The van der Waals surface area contributed by atoms with Gasteiger partial charge in [0, 0.05) is 43.9 Å². The first-order chi connectivity index (χ1) is 24.2. The number of phosphoric ester groups is 1. The number of esters is 2. The van der Waals surface area contributed by atoms with Crippen molar-refractivity contribution < 1.29 is 58.1 Å². The van der Waals surface area contributed by atoms with E-state index in [2.05, 4.69) is 25.3 Å². The largest absolute Gasteiger partial charge is 0.469 e. The summed E-state index contributed by atoms with van der Waals surface area (Å²) in [6, 6.07) is 0. The van der Waals surface area contributed by atoms with E-state index in [0.29, 0.717) is 25.7 Å². The number of ether oxygens (including phenoxy) is 2. The predicted octanol–water partition coefficient (Wildman–Crippen LogP) is 6.87. The Morgan fingerprint density at radius 1 is 0.765 bits per heavy atom. The van der Waals surface area contributed by atoms with Gasteiger partial charge in [0.2, 0.25) is 0 Å². The fourth-order valence-corrected chi connectivity index (χ4v) is 6.80. The Hall–Kier alpha value is -1.66. The lowest BCUT2D eigenvalue weighted by molar-refractivity contribution is -0.161. The summed E-state index contributed by atoms with van der Waals surface area (Å²) < 4.78 is 26.2. The zero-order valence-corrected chi connectivity index (χ0v) is 32.4. The molecule has 1 saturated carbocycles. The number of hydrogen-bond donors (Lipinski definition) is 5. The lowest BCUT2D eigenvalue weighted by Crippen LogP contribution is -2.29. The third kappa shape index (κ3) is 25.1. The van der Waals surface area contributed by atoms with Crippen molar-refractivity contribution in [2.24, 2.45) is 17.8 Å². The average molecular weight is 749 g/mol. The Morgan fingerprint density at radius 2 is 1.33 bits per heavy atom. The molecule has 0 aromatic heterocycles. The highest BCUT2D eigenvalue weighted by molar-refractivity contribution is 7.46. The SMILES string of the molecule is CCCCC[C@H](O)/C=C/[C@@H]1[C@@H](CC(=O)CCCCC(=O)O[C@H](COC(=O)CCCCCCCCCCCC(C)C)COP(=O)(O)O)[C@@H](O)C[C@H]1O. The third-order valence-electron chi connectivity index (χ3n) is 9.44. The van der Waals surface area contributed by atoms with Gasteiger partial charge in [-0.2, -0.15) is 0 Å². The molecule has 298 valence electrons. The van der Waals surface area contributed by atoms with E-state index in [1.807, 2.05) is 0 Å². The Kier molecular flexibility index (Phi) is 25.9. The van der Waals surface area contributed by atoms with E-state index in [-0.39, 0.29) is 37.9 Å². The van der Waals surface area contributed by atoms with Crippen molar-refractivity contribution >= 4 is 25.5 Å². The average Bonchev–Trinajstić information content (AvgIpc) is 3.32. The van der Waals surface area contributed by atoms with Gasteiger partial charge in [0.25, 0.3) is 0 Å². The molecule has 0 amide bonds. The maximum Gasteiger partial charge on any atom is 0.469 e. The van der Waals surface area contributed by atoms with Crippen LogP contribution in [0.1, 0.15) is 156 Å². The number of hydrogen-bond acceptors (Lipinski definition) is 10. The van der Waals surface area contributed by atoms with Crippen LogP contribution in [-0.2, 0) is 32.9 Å². The van der Waals surface area contributed by atoms with E-state index >= 15 is 0 Å². The van der Waals surface area contributed by atoms with E-state index < -0.39 is 69.2 Å². The zero-order valence-electron chi connectivity index (χ0n) is 31.5. The van der Waals surface area contributed by atoms with Crippen LogP contribution in [0.2, 0.25) is 0 Å². The van der Waals surface area contributed by atoms with Gasteiger partial charge < -0.3 is 34.6 Å². The summed E-state index contributed by atoms with van der Waals surface area (Å²) in [4.78, 5) is 55.7. The molecule has 51 heavy (non-hydrogen) atoms. The van der Waals surface area contributed by atoms with Gasteiger partial charge in [0.05, 0.1) is 24.9 Å². The minimum Gasteiger partial charge on any atom is -0.462 e. The summed E-state index contributed by atoms with van der Waals surface area (Å²) in [7, 11) is -4.85. The molecule has 0 spiro atoms. The van der Waals surface area contributed by atoms with Crippen LogP contribution in [-0.4, -0.2) is 80.5 Å². The first kappa shape index (κ1) is 47.4. The minimum atomic E-state index is -4.85. The van der Waals surface area contributed by atoms with E-state index in [4.69, 9.17) is 19.3 Å². The molecular formula is C38H69O12P. The number of phosphoric acid groups is 1. The van der Waals surface area contributed by atoms with Crippen LogP contribution in [0.4, 0.5) is 0 Å². The molecule has 12 nitrogen and oxygen atoms in total. The molecule has 0 bridgehead atoms. The van der Waals surface area contributed by atoms with Gasteiger partial charge in [0.1, 0.15) is 12.4 Å². The molecule has 1 aliphatic carbocycles. The second kappa shape index (κ2) is 27.9. The fraction of sp³-hybridized carbons (Fsp3) is 0.868. The van der Waals surface area contributed by atoms with Crippen LogP contribution in [0.25, 0.3) is 0 Å². The number of aliphatic hydroxyl groups excluding tert-OH is 3. The molecular weight excluding hydrogens is 679 g/mol. The summed E-state index contributed by atoms with van der Waals surface area (Å²) in [5.41, 5.74) is 0. The van der Waals surface area contributed by atoms with Gasteiger partial charge >= 0.3 is 19.8 Å². The van der Waals surface area contributed by atoms with Gasteiger partial charge in [-0.1, -0.05) is 110 Å². The molecule has 0 radical (unpaired) electrons. The Morgan fingerprint density at radius 3 is 1.96 bits per heavy atom. The van der Waals surface area contributed by atoms with Crippen molar-refractivity contribution in [2.45, 2.75) is 180 Å². The number of carbonyl (C=O) groups excluding carboxylic acids is 3. The van der Waals surface area contributed by atoms with Crippen molar-refractivity contribution in [3.05, 3.63) is 12.2 Å². The number of Topliss-reactive ketones (excluding diaryl/α,β-unsaturated/α-hetero) is 1. The molecule has 6 atom stereocenters. The molecule has 1 aliphatic rings. The van der Waals surface area contributed by atoms with Crippen molar-refractivity contribution in [3.63, 3.8) is 0 Å². The van der Waals surface area contributed by atoms with Crippen molar-refractivity contribution in [2.75, 3.05) is 13.2 Å². The zero-order chi connectivity index (χ0) is 38.1. The molecule has 0 heterocycles. The highest BCUT2D eigenvalue weighted by Crippen LogP contribution is 2.37. The fourth-order valence-electron chi connectivity index (χ4n) is 6.44. The summed E-state index contributed by atoms with van der Waals surface area (Å²) in [5.74, 6) is -1.43. The van der Waals surface area contributed by atoms with E-state index in [1.165, 1.54) is 38.5 Å². The summed E-state index contributed by atoms with van der Waals surface area (Å²) in [5, 5.41) is 31.1. The van der Waals surface area contributed by atoms with Crippen LogP contribution in [0.3, 0.4) is 0 Å². The second-order valence-electron chi connectivity index (χ2n) is 14.7.